The van der Waals surface area contributed by atoms with Crippen LogP contribution in [0, 0.1) is 0 Å². The predicted molar refractivity (Wildman–Crippen MR) is 148 cm³/mol. The van der Waals surface area contributed by atoms with E-state index < -0.39 is 28.4 Å². The number of esters is 1. The molecule has 1 heterocycles. The van der Waals surface area contributed by atoms with Gasteiger partial charge in [0.25, 0.3) is 10.0 Å². The summed E-state index contributed by atoms with van der Waals surface area (Å²) in [5.74, 6) is 0.00223. The third-order valence-electron chi connectivity index (χ3n) is 6.23. The molecule has 0 aliphatic heterocycles. The normalized spacial score (nSPS) is 12.4. The molecule has 3 aromatic rings. The predicted octanol–water partition coefficient (Wildman–Crippen LogP) is 4.27. The molecule has 1 N–H and O–H groups in total. The fourth-order valence-electron chi connectivity index (χ4n) is 4.40. The van der Waals surface area contributed by atoms with Gasteiger partial charge in [0.15, 0.2) is 11.5 Å². The van der Waals surface area contributed by atoms with Crippen molar-refractivity contribution in [2.45, 2.75) is 31.1 Å². The number of carbonyl (C=O) groups is 2. The molecule has 1 amide bonds. The van der Waals surface area contributed by atoms with Gasteiger partial charge in [0.1, 0.15) is 17.3 Å². The molecule has 0 fully saturated rings. The second kappa shape index (κ2) is 12.0. The first-order valence-corrected chi connectivity index (χ1v) is 14.5. The third kappa shape index (κ3) is 5.81. The van der Waals surface area contributed by atoms with Gasteiger partial charge in [0.05, 0.1) is 44.1 Å². The standard InChI is InChI=1S/C27H30N2O8S2/c1-5-37-18-11-9-17(10-12-18)29(39(32,33)19-13-14-21(34-2)22(15-19)35-3)16-24(30)28-26-25(27(31)36-4)20-7-6-8-23(20)38-26/h9-15H,5-8,16H2,1-4H3,(H,28,30). The zero-order chi connectivity index (χ0) is 28.2. The number of aryl methyl sites for hydroxylation is 1. The van der Waals surface area contributed by atoms with Crippen LogP contribution >= 0.6 is 11.3 Å². The molecule has 10 nitrogen and oxygen atoms in total. The van der Waals surface area contributed by atoms with Crippen LogP contribution in [0.2, 0.25) is 0 Å². The molecule has 1 aliphatic rings. The molecular formula is C27H30N2O8S2. The summed E-state index contributed by atoms with van der Waals surface area (Å²) in [6, 6.07) is 10.6. The number of nitrogens with zero attached hydrogens (tertiary/aromatic N) is 1. The molecule has 4 rings (SSSR count). The van der Waals surface area contributed by atoms with Gasteiger partial charge in [-0.3, -0.25) is 9.10 Å². The van der Waals surface area contributed by atoms with Gasteiger partial charge in [-0.1, -0.05) is 0 Å². The fourth-order valence-corrected chi connectivity index (χ4v) is 7.13. The van der Waals surface area contributed by atoms with Gasteiger partial charge in [-0.05, 0) is 68.1 Å². The summed E-state index contributed by atoms with van der Waals surface area (Å²) in [5, 5.41) is 3.11. The van der Waals surface area contributed by atoms with Crippen LogP contribution < -0.4 is 23.8 Å². The molecule has 0 saturated carbocycles. The molecule has 2 aromatic carbocycles. The number of thiophene rings is 1. The molecule has 0 saturated heterocycles. The Kier molecular flexibility index (Phi) is 8.66. The maximum atomic E-state index is 13.9. The first-order valence-electron chi connectivity index (χ1n) is 12.2. The van der Waals surface area contributed by atoms with Gasteiger partial charge in [-0.25, -0.2) is 13.2 Å². The molecular weight excluding hydrogens is 544 g/mol. The number of rotatable bonds is 11. The maximum Gasteiger partial charge on any atom is 0.341 e. The van der Waals surface area contributed by atoms with E-state index in [0.29, 0.717) is 28.7 Å². The zero-order valence-corrected chi connectivity index (χ0v) is 23.7. The Labute approximate surface area is 231 Å². The van der Waals surface area contributed by atoms with Gasteiger partial charge in [-0.2, -0.15) is 0 Å². The quantitative estimate of drug-likeness (QED) is 0.337. The lowest BCUT2D eigenvalue weighted by Gasteiger charge is -2.24. The molecule has 0 spiro atoms. The minimum atomic E-state index is -4.24. The van der Waals surface area contributed by atoms with Crippen LogP contribution in [0.5, 0.6) is 17.2 Å². The van der Waals surface area contributed by atoms with Crippen LogP contribution in [-0.4, -0.2) is 54.8 Å². The monoisotopic (exact) mass is 574 g/mol. The molecule has 0 bridgehead atoms. The fraction of sp³-hybridized carbons (Fsp3) is 0.333. The molecule has 0 atom stereocenters. The molecule has 39 heavy (non-hydrogen) atoms. The number of ether oxygens (including phenoxy) is 4. The summed E-state index contributed by atoms with van der Waals surface area (Å²) in [7, 11) is -0.0999. The first kappa shape index (κ1) is 28.2. The van der Waals surface area contributed by atoms with E-state index in [4.69, 9.17) is 18.9 Å². The lowest BCUT2D eigenvalue weighted by atomic mass is 10.1. The van der Waals surface area contributed by atoms with E-state index in [1.807, 2.05) is 6.92 Å². The van der Waals surface area contributed by atoms with Gasteiger partial charge in [0, 0.05) is 10.9 Å². The number of sulfonamides is 1. The van der Waals surface area contributed by atoms with E-state index in [2.05, 4.69) is 5.32 Å². The largest absolute Gasteiger partial charge is 0.494 e. The third-order valence-corrected chi connectivity index (χ3v) is 9.21. The molecule has 1 aliphatic carbocycles. The highest BCUT2D eigenvalue weighted by Gasteiger charge is 2.31. The van der Waals surface area contributed by atoms with E-state index in [1.165, 1.54) is 50.9 Å². The second-order valence-corrected chi connectivity index (χ2v) is 11.5. The molecule has 0 radical (unpaired) electrons. The number of nitrogens with one attached hydrogen (secondary N) is 1. The maximum absolute atomic E-state index is 13.9. The average Bonchev–Trinajstić information content (AvgIpc) is 3.52. The van der Waals surface area contributed by atoms with Crippen LogP contribution in [0.15, 0.2) is 47.4 Å². The number of fused-ring (bicyclic) bond motifs is 1. The van der Waals surface area contributed by atoms with E-state index >= 15 is 0 Å². The number of amides is 1. The lowest BCUT2D eigenvalue weighted by molar-refractivity contribution is -0.114. The van der Waals surface area contributed by atoms with Crippen molar-refractivity contribution in [3.05, 3.63) is 58.5 Å². The van der Waals surface area contributed by atoms with Crippen molar-refractivity contribution in [3.63, 3.8) is 0 Å². The van der Waals surface area contributed by atoms with E-state index in [1.54, 1.807) is 24.3 Å². The van der Waals surface area contributed by atoms with Crippen LogP contribution in [0.25, 0.3) is 0 Å². The van der Waals surface area contributed by atoms with Gasteiger partial charge >= 0.3 is 5.97 Å². The number of anilines is 2. The summed E-state index contributed by atoms with van der Waals surface area (Å²) in [5.41, 5.74) is 1.47. The number of hydrogen-bond acceptors (Lipinski definition) is 9. The van der Waals surface area contributed by atoms with Crippen LogP contribution in [0.4, 0.5) is 10.7 Å². The molecule has 1 aromatic heterocycles. The summed E-state index contributed by atoms with van der Waals surface area (Å²) in [6.07, 6.45) is 2.46. The Morgan fingerprint density at radius 3 is 2.36 bits per heavy atom. The summed E-state index contributed by atoms with van der Waals surface area (Å²) in [6.45, 7) is 1.74. The molecule has 0 unspecified atom stereocenters. The highest BCUT2D eigenvalue weighted by molar-refractivity contribution is 7.92. The van der Waals surface area contributed by atoms with Crippen molar-refractivity contribution in [1.82, 2.24) is 0 Å². The SMILES string of the molecule is CCOc1ccc(N(CC(=O)Nc2sc3c(c2C(=O)OC)CCC3)S(=O)(=O)c2ccc(OC)c(OC)c2)cc1. The number of methoxy groups -OCH3 is 3. The Bertz CT molecular complexity index is 1470. The number of hydrogen-bond donors (Lipinski definition) is 1. The minimum absolute atomic E-state index is 0.0906. The van der Waals surface area contributed by atoms with Crippen LogP contribution in [0.3, 0.4) is 0 Å². The van der Waals surface area contributed by atoms with E-state index in [0.717, 1.165) is 34.0 Å². The van der Waals surface area contributed by atoms with Crippen molar-refractivity contribution < 1.29 is 37.0 Å². The smallest absolute Gasteiger partial charge is 0.341 e. The van der Waals surface area contributed by atoms with E-state index in [9.17, 15) is 18.0 Å². The van der Waals surface area contributed by atoms with Crippen molar-refractivity contribution in [2.75, 3.05) is 44.1 Å². The summed E-state index contributed by atoms with van der Waals surface area (Å²) < 4.78 is 49.7. The van der Waals surface area contributed by atoms with Crippen molar-refractivity contribution in [1.29, 1.82) is 0 Å². The van der Waals surface area contributed by atoms with E-state index in [-0.39, 0.29) is 16.3 Å². The Hall–Kier alpha value is -3.77. The lowest BCUT2D eigenvalue weighted by Crippen LogP contribution is -2.38. The van der Waals surface area contributed by atoms with Crippen LogP contribution in [-0.2, 0) is 32.4 Å². The number of benzene rings is 2. The van der Waals surface area contributed by atoms with Crippen molar-refractivity contribution >= 4 is 43.9 Å². The highest BCUT2D eigenvalue weighted by atomic mass is 32.2. The first-order chi connectivity index (χ1) is 18.7. The average molecular weight is 575 g/mol. The van der Waals surface area contributed by atoms with Crippen molar-refractivity contribution in [3.8, 4) is 17.2 Å². The van der Waals surface area contributed by atoms with Gasteiger partial charge < -0.3 is 24.3 Å². The zero-order valence-electron chi connectivity index (χ0n) is 22.1. The Balaban J connectivity index is 1.70. The summed E-state index contributed by atoms with van der Waals surface area (Å²) >= 11 is 1.32. The Morgan fingerprint density at radius 1 is 1.00 bits per heavy atom. The Morgan fingerprint density at radius 2 is 1.72 bits per heavy atom. The second-order valence-electron chi connectivity index (χ2n) is 8.56. The van der Waals surface area contributed by atoms with Gasteiger partial charge in [0.2, 0.25) is 5.91 Å². The molecule has 208 valence electrons. The highest BCUT2D eigenvalue weighted by Crippen LogP contribution is 2.40. The van der Waals surface area contributed by atoms with Crippen molar-refractivity contribution in [2.24, 2.45) is 0 Å². The minimum Gasteiger partial charge on any atom is -0.494 e. The van der Waals surface area contributed by atoms with Gasteiger partial charge in [-0.15, -0.1) is 11.3 Å². The van der Waals surface area contributed by atoms with Crippen LogP contribution in [0.1, 0.15) is 34.1 Å². The summed E-state index contributed by atoms with van der Waals surface area (Å²) in [4.78, 5) is 26.8. The topological polar surface area (TPSA) is 120 Å². The molecule has 12 heteroatoms. The number of carbonyl (C=O) groups excluding carboxylic acids is 2.